The van der Waals surface area contributed by atoms with Crippen molar-refractivity contribution in [2.24, 2.45) is 7.05 Å². The fourth-order valence-electron chi connectivity index (χ4n) is 2.59. The predicted molar refractivity (Wildman–Crippen MR) is 65.1 cm³/mol. The minimum absolute atomic E-state index is 0.508. The molecule has 1 aromatic carbocycles. The lowest BCUT2D eigenvalue weighted by molar-refractivity contribution is -0.759. The molecule has 2 nitrogen and oxygen atoms in total. The van der Waals surface area contributed by atoms with Gasteiger partial charge in [-0.2, -0.15) is 4.68 Å². The van der Waals surface area contributed by atoms with E-state index >= 15 is 0 Å². The van der Waals surface area contributed by atoms with E-state index in [1.807, 2.05) is 48.7 Å². The van der Waals surface area contributed by atoms with Crippen LogP contribution in [-0.4, -0.2) is 4.68 Å². The maximum atomic E-state index is 14.1. The van der Waals surface area contributed by atoms with Gasteiger partial charge in [-0.1, -0.05) is 0 Å². The maximum Gasteiger partial charge on any atom is 0.195 e. The number of benzene rings is 1. The lowest BCUT2D eigenvalue weighted by atomic mass is 9.90. The third kappa shape index (κ3) is 1.92. The van der Waals surface area contributed by atoms with Gasteiger partial charge in [0, 0.05) is 17.7 Å². The third-order valence-corrected chi connectivity index (χ3v) is 3.31. The molecule has 0 aliphatic heterocycles. The summed E-state index contributed by atoms with van der Waals surface area (Å²) < 4.78 is 31.0. The highest BCUT2D eigenvalue weighted by Crippen LogP contribution is 2.30. The van der Waals surface area contributed by atoms with Crippen LogP contribution in [0.1, 0.15) is 25.0 Å². The van der Waals surface area contributed by atoms with Crippen LogP contribution in [0.25, 0.3) is 0 Å². The van der Waals surface area contributed by atoms with Crippen molar-refractivity contribution in [3.05, 3.63) is 53.4 Å². The van der Waals surface area contributed by atoms with E-state index in [2.05, 4.69) is 0 Å². The van der Waals surface area contributed by atoms with Crippen LogP contribution in [0.2, 0.25) is 0 Å². The average Bonchev–Trinajstić information content (AvgIpc) is 2.62. The zero-order valence-corrected chi connectivity index (χ0v) is 11.0. The predicted octanol–water partition coefficient (Wildman–Crippen LogP) is 2.68. The van der Waals surface area contributed by atoms with Crippen LogP contribution < -0.4 is 4.68 Å². The molecular formula is C14H17F2N2+. The van der Waals surface area contributed by atoms with Gasteiger partial charge in [-0.05, 0) is 32.4 Å². The molecule has 0 aliphatic carbocycles. The Kier molecular flexibility index (Phi) is 2.97. The summed E-state index contributed by atoms with van der Waals surface area (Å²) in [4.78, 5) is 0. The molecule has 0 atom stereocenters. The molecule has 0 bridgehead atoms. The molecule has 0 saturated carbocycles. The topological polar surface area (TPSA) is 8.81 Å². The molecule has 0 amide bonds. The van der Waals surface area contributed by atoms with Crippen LogP contribution in [0.4, 0.5) is 8.78 Å². The summed E-state index contributed by atoms with van der Waals surface area (Å²) in [6.45, 7) is 5.55. The first-order valence-electron chi connectivity index (χ1n) is 5.84. The number of aromatic nitrogens is 2. The van der Waals surface area contributed by atoms with Crippen molar-refractivity contribution in [1.82, 2.24) is 4.68 Å². The Morgan fingerprint density at radius 2 is 1.89 bits per heavy atom. The Bertz CT molecular complexity index is 562. The Balaban J connectivity index is 2.65. The van der Waals surface area contributed by atoms with Crippen molar-refractivity contribution in [1.29, 1.82) is 0 Å². The quantitative estimate of drug-likeness (QED) is 0.726. The first-order chi connectivity index (χ1) is 8.34. The SMILES string of the molecule is Cc1cc(F)cc(F)c1C(C)(C)n1ccc[n+]1C. The number of hydrogen-bond acceptors (Lipinski definition) is 0. The molecule has 0 aliphatic rings. The lowest BCUT2D eigenvalue weighted by Crippen LogP contribution is -2.48. The maximum absolute atomic E-state index is 14.1. The fraction of sp³-hybridized carbons (Fsp3) is 0.357. The molecule has 2 rings (SSSR count). The molecule has 4 heteroatoms. The van der Waals surface area contributed by atoms with Crippen molar-refractivity contribution in [3.8, 4) is 0 Å². The Morgan fingerprint density at radius 3 is 2.39 bits per heavy atom. The molecular weight excluding hydrogens is 234 g/mol. The zero-order valence-electron chi connectivity index (χ0n) is 11.0. The van der Waals surface area contributed by atoms with Crippen molar-refractivity contribution in [2.75, 3.05) is 0 Å². The van der Waals surface area contributed by atoms with Crippen molar-refractivity contribution in [3.63, 3.8) is 0 Å². The summed E-state index contributed by atoms with van der Waals surface area (Å²) >= 11 is 0. The number of halogens is 2. The second-order valence-electron chi connectivity index (χ2n) is 5.05. The van der Waals surface area contributed by atoms with Gasteiger partial charge in [0.2, 0.25) is 0 Å². The Labute approximate surface area is 105 Å². The van der Waals surface area contributed by atoms with E-state index < -0.39 is 17.2 Å². The molecule has 18 heavy (non-hydrogen) atoms. The molecule has 1 heterocycles. The summed E-state index contributed by atoms with van der Waals surface area (Å²) in [5.74, 6) is -1.05. The minimum Gasteiger partial charge on any atom is -0.207 e. The summed E-state index contributed by atoms with van der Waals surface area (Å²) in [5.41, 5.74) is 0.544. The highest BCUT2D eigenvalue weighted by atomic mass is 19.1. The van der Waals surface area contributed by atoms with E-state index in [9.17, 15) is 8.78 Å². The summed E-state index contributed by atoms with van der Waals surface area (Å²) in [5, 5.41) is 0. The van der Waals surface area contributed by atoms with Gasteiger partial charge in [0.15, 0.2) is 13.2 Å². The summed E-state index contributed by atoms with van der Waals surface area (Å²) in [6.07, 6.45) is 3.76. The number of hydrogen-bond donors (Lipinski definition) is 0. The molecule has 0 N–H and O–H groups in total. The van der Waals surface area contributed by atoms with Gasteiger partial charge in [-0.15, -0.1) is 4.68 Å². The van der Waals surface area contributed by atoms with Crippen LogP contribution in [0.5, 0.6) is 0 Å². The normalized spacial score (nSPS) is 11.9. The Morgan fingerprint density at radius 1 is 1.22 bits per heavy atom. The van der Waals surface area contributed by atoms with Crippen LogP contribution in [0.3, 0.4) is 0 Å². The average molecular weight is 251 g/mol. The molecule has 0 unspecified atom stereocenters. The standard InChI is InChI=1S/C14H17F2N2/c1-10-8-11(15)9-12(16)13(10)14(2,3)18-7-5-6-17(18)4/h5-9H,1-4H3/q+1. The minimum atomic E-state index is -0.583. The van der Waals surface area contributed by atoms with Gasteiger partial charge in [0.05, 0.1) is 6.20 Å². The van der Waals surface area contributed by atoms with Crippen molar-refractivity contribution < 1.29 is 13.5 Å². The van der Waals surface area contributed by atoms with Gasteiger partial charge < -0.3 is 0 Å². The van der Waals surface area contributed by atoms with Gasteiger partial charge in [0.1, 0.15) is 17.2 Å². The number of rotatable bonds is 2. The summed E-state index contributed by atoms with van der Waals surface area (Å²) in [7, 11) is 1.89. The monoisotopic (exact) mass is 251 g/mol. The molecule has 2 aromatic rings. The largest absolute Gasteiger partial charge is 0.207 e. The van der Waals surface area contributed by atoms with Gasteiger partial charge in [-0.25, -0.2) is 8.78 Å². The highest BCUT2D eigenvalue weighted by molar-refractivity contribution is 5.34. The first-order valence-corrected chi connectivity index (χ1v) is 5.84. The van der Waals surface area contributed by atoms with E-state index in [-0.39, 0.29) is 0 Å². The van der Waals surface area contributed by atoms with E-state index in [4.69, 9.17) is 0 Å². The van der Waals surface area contributed by atoms with Crippen molar-refractivity contribution >= 4 is 0 Å². The summed E-state index contributed by atoms with van der Waals surface area (Å²) in [6, 6.07) is 4.19. The molecule has 0 radical (unpaired) electrons. The molecule has 1 aromatic heterocycles. The lowest BCUT2D eigenvalue weighted by Gasteiger charge is -2.26. The molecule has 96 valence electrons. The van der Waals surface area contributed by atoms with Crippen LogP contribution in [-0.2, 0) is 12.6 Å². The second kappa shape index (κ2) is 4.19. The third-order valence-electron chi connectivity index (χ3n) is 3.31. The van der Waals surface area contributed by atoms with Crippen LogP contribution in [0, 0.1) is 18.6 Å². The Hall–Kier alpha value is -1.71. The van der Waals surface area contributed by atoms with Gasteiger partial charge in [0.25, 0.3) is 0 Å². The van der Waals surface area contributed by atoms with E-state index in [0.29, 0.717) is 11.1 Å². The number of nitrogens with zero attached hydrogens (tertiary/aromatic N) is 2. The smallest absolute Gasteiger partial charge is 0.195 e. The van der Waals surface area contributed by atoms with Crippen LogP contribution >= 0.6 is 0 Å². The van der Waals surface area contributed by atoms with E-state index in [1.165, 1.54) is 6.07 Å². The van der Waals surface area contributed by atoms with E-state index in [0.717, 1.165) is 6.07 Å². The second-order valence-corrected chi connectivity index (χ2v) is 5.05. The van der Waals surface area contributed by atoms with Crippen LogP contribution in [0.15, 0.2) is 30.6 Å². The molecule has 0 fully saturated rings. The highest BCUT2D eigenvalue weighted by Gasteiger charge is 2.32. The van der Waals surface area contributed by atoms with Crippen molar-refractivity contribution in [2.45, 2.75) is 26.3 Å². The fourth-order valence-corrected chi connectivity index (χ4v) is 2.59. The van der Waals surface area contributed by atoms with Gasteiger partial charge >= 0.3 is 0 Å². The van der Waals surface area contributed by atoms with E-state index in [1.54, 1.807) is 6.92 Å². The van der Waals surface area contributed by atoms with Gasteiger partial charge in [-0.3, -0.25) is 0 Å². The first kappa shape index (κ1) is 12.7. The zero-order chi connectivity index (χ0) is 13.5. The molecule has 0 spiro atoms. The number of aryl methyl sites for hydroxylation is 2. The molecule has 0 saturated heterocycles.